The Kier molecular flexibility index (Phi) is 6.54. The van der Waals surface area contributed by atoms with Crippen molar-refractivity contribution < 1.29 is 18.7 Å². The van der Waals surface area contributed by atoms with Crippen molar-refractivity contribution in [1.82, 2.24) is 19.9 Å². The quantitative estimate of drug-likeness (QED) is 0.326. The summed E-state index contributed by atoms with van der Waals surface area (Å²) in [4.78, 5) is 28.4. The van der Waals surface area contributed by atoms with Crippen LogP contribution in [0.25, 0.3) is 5.65 Å². The number of nitrogens with zero attached hydrogens (tertiary/aromatic N) is 3. The fourth-order valence-corrected chi connectivity index (χ4v) is 3.67. The Morgan fingerprint density at radius 3 is 2.64 bits per heavy atom. The van der Waals surface area contributed by atoms with Crippen molar-refractivity contribution in [2.45, 2.75) is 19.3 Å². The SMILES string of the molecule is O=C(Cc1ccccc1)NC(=S)Nc1ccc(Oc2ccc3nc(NC(=O)C4CC4)cn3n2)c(F)c1. The van der Waals surface area contributed by atoms with Crippen molar-refractivity contribution >= 4 is 46.3 Å². The molecule has 4 aromatic rings. The van der Waals surface area contributed by atoms with Crippen molar-refractivity contribution in [2.24, 2.45) is 5.92 Å². The van der Waals surface area contributed by atoms with E-state index in [-0.39, 0.29) is 40.9 Å². The molecule has 182 valence electrons. The first-order chi connectivity index (χ1) is 17.4. The van der Waals surface area contributed by atoms with E-state index in [0.29, 0.717) is 17.2 Å². The van der Waals surface area contributed by atoms with E-state index in [4.69, 9.17) is 17.0 Å². The van der Waals surface area contributed by atoms with Gasteiger partial charge in [0.15, 0.2) is 28.1 Å². The smallest absolute Gasteiger partial charge is 0.237 e. The van der Waals surface area contributed by atoms with Crippen LogP contribution in [-0.2, 0) is 16.0 Å². The number of aromatic nitrogens is 3. The highest BCUT2D eigenvalue weighted by Gasteiger charge is 2.30. The normalized spacial score (nSPS) is 12.7. The molecule has 36 heavy (non-hydrogen) atoms. The maximum Gasteiger partial charge on any atom is 0.237 e. The van der Waals surface area contributed by atoms with Gasteiger partial charge in [0.1, 0.15) is 0 Å². The monoisotopic (exact) mass is 504 g/mol. The third-order valence-electron chi connectivity index (χ3n) is 5.36. The number of halogens is 1. The number of hydrogen-bond donors (Lipinski definition) is 3. The van der Waals surface area contributed by atoms with Gasteiger partial charge in [0, 0.05) is 23.7 Å². The van der Waals surface area contributed by atoms with Gasteiger partial charge in [-0.05, 0) is 48.8 Å². The molecule has 0 spiro atoms. The summed E-state index contributed by atoms with van der Waals surface area (Å²) in [6.07, 6.45) is 3.53. The van der Waals surface area contributed by atoms with Gasteiger partial charge in [-0.1, -0.05) is 30.3 Å². The third-order valence-corrected chi connectivity index (χ3v) is 5.56. The standard InChI is InChI=1S/C25H21FN6O3S/c26-18-13-17(27-25(36)30-22(33)12-15-4-2-1-3-5-15)8-9-19(18)35-23-11-10-21-28-20(14-32(21)31-23)29-24(34)16-6-7-16/h1-5,8-11,13-14,16H,6-7,12H2,(H,29,34)(H2,27,30,33,36). The maximum atomic E-state index is 14.7. The van der Waals surface area contributed by atoms with E-state index in [1.165, 1.54) is 16.6 Å². The summed E-state index contributed by atoms with van der Waals surface area (Å²) in [7, 11) is 0. The Balaban J connectivity index is 1.19. The number of fused-ring (bicyclic) bond motifs is 1. The van der Waals surface area contributed by atoms with Gasteiger partial charge in [0.05, 0.1) is 12.6 Å². The molecule has 0 saturated heterocycles. The van der Waals surface area contributed by atoms with Crippen molar-refractivity contribution in [2.75, 3.05) is 10.6 Å². The Bertz CT molecular complexity index is 1450. The predicted octanol–water partition coefficient (Wildman–Crippen LogP) is 4.06. The third kappa shape index (κ3) is 5.81. The summed E-state index contributed by atoms with van der Waals surface area (Å²) in [5, 5.41) is 12.4. The van der Waals surface area contributed by atoms with Gasteiger partial charge in [-0.2, -0.15) is 0 Å². The second-order valence-electron chi connectivity index (χ2n) is 8.28. The summed E-state index contributed by atoms with van der Waals surface area (Å²) >= 11 is 5.16. The van der Waals surface area contributed by atoms with Crippen LogP contribution in [0.15, 0.2) is 66.9 Å². The summed E-state index contributed by atoms with van der Waals surface area (Å²) in [6, 6.07) is 16.6. The molecule has 1 fully saturated rings. The molecule has 9 nitrogen and oxygen atoms in total. The van der Waals surface area contributed by atoms with E-state index < -0.39 is 5.82 Å². The molecule has 1 aliphatic carbocycles. The lowest BCUT2D eigenvalue weighted by Gasteiger charge is -2.11. The van der Waals surface area contributed by atoms with Crippen LogP contribution in [0, 0.1) is 11.7 Å². The van der Waals surface area contributed by atoms with E-state index in [9.17, 15) is 14.0 Å². The summed E-state index contributed by atoms with van der Waals surface area (Å²) < 4.78 is 21.7. The Labute approximate surface area is 210 Å². The molecule has 11 heteroatoms. The lowest BCUT2D eigenvalue weighted by molar-refractivity contribution is -0.119. The van der Waals surface area contributed by atoms with Crippen molar-refractivity contribution in [3.8, 4) is 11.6 Å². The van der Waals surface area contributed by atoms with Gasteiger partial charge >= 0.3 is 0 Å². The largest absolute Gasteiger partial charge is 0.434 e. The molecule has 2 heterocycles. The highest BCUT2D eigenvalue weighted by atomic mass is 32.1. The van der Waals surface area contributed by atoms with E-state index in [2.05, 4.69) is 26.0 Å². The topological polar surface area (TPSA) is 110 Å². The van der Waals surface area contributed by atoms with Crippen LogP contribution in [0.2, 0.25) is 0 Å². The Morgan fingerprint density at radius 1 is 1.08 bits per heavy atom. The number of amides is 2. The highest BCUT2D eigenvalue weighted by Crippen LogP contribution is 2.30. The summed E-state index contributed by atoms with van der Waals surface area (Å²) in [5.41, 5.74) is 1.71. The molecular weight excluding hydrogens is 483 g/mol. The first-order valence-electron chi connectivity index (χ1n) is 11.2. The minimum absolute atomic E-state index is 0.0474. The fraction of sp³-hybridized carbons (Fsp3) is 0.160. The molecule has 1 saturated carbocycles. The molecule has 2 amide bonds. The molecule has 5 rings (SSSR count). The molecule has 2 aromatic carbocycles. The van der Waals surface area contributed by atoms with Crippen molar-refractivity contribution in [3.05, 3.63) is 78.2 Å². The Morgan fingerprint density at radius 2 is 1.89 bits per heavy atom. The number of hydrogen-bond acceptors (Lipinski definition) is 6. The van der Waals surface area contributed by atoms with Gasteiger partial charge in [-0.25, -0.2) is 13.9 Å². The first-order valence-corrected chi connectivity index (χ1v) is 11.6. The molecule has 0 aliphatic heterocycles. The first kappa shape index (κ1) is 23.4. The van der Waals surface area contributed by atoms with E-state index in [1.54, 1.807) is 24.4 Å². The average molecular weight is 505 g/mol. The second kappa shape index (κ2) is 10.1. The van der Waals surface area contributed by atoms with Gasteiger partial charge < -0.3 is 20.7 Å². The van der Waals surface area contributed by atoms with Crippen LogP contribution in [0.1, 0.15) is 18.4 Å². The van der Waals surface area contributed by atoms with E-state index in [0.717, 1.165) is 18.4 Å². The zero-order valence-corrected chi connectivity index (χ0v) is 19.7. The number of benzene rings is 2. The van der Waals surface area contributed by atoms with Crippen LogP contribution in [-0.4, -0.2) is 31.5 Å². The molecule has 3 N–H and O–H groups in total. The number of carbonyl (C=O) groups excluding carboxylic acids is 2. The minimum Gasteiger partial charge on any atom is -0.434 e. The van der Waals surface area contributed by atoms with Crippen LogP contribution >= 0.6 is 12.2 Å². The summed E-state index contributed by atoms with van der Waals surface area (Å²) in [5.74, 6) is -0.441. The van der Waals surface area contributed by atoms with Crippen LogP contribution in [0.4, 0.5) is 15.9 Å². The average Bonchev–Trinajstić information content (AvgIpc) is 3.62. The number of imidazole rings is 1. The number of rotatable bonds is 7. The lowest BCUT2D eigenvalue weighted by Crippen LogP contribution is -2.35. The number of nitrogens with one attached hydrogen (secondary N) is 3. The maximum absolute atomic E-state index is 14.7. The number of thiocarbonyl (C=S) groups is 1. The van der Waals surface area contributed by atoms with Crippen LogP contribution in [0.3, 0.4) is 0 Å². The minimum atomic E-state index is -0.650. The fourth-order valence-electron chi connectivity index (χ4n) is 3.44. The van der Waals surface area contributed by atoms with Crippen molar-refractivity contribution in [1.29, 1.82) is 0 Å². The van der Waals surface area contributed by atoms with Crippen molar-refractivity contribution in [3.63, 3.8) is 0 Å². The predicted molar refractivity (Wildman–Crippen MR) is 135 cm³/mol. The van der Waals surface area contributed by atoms with Gasteiger partial charge in [-0.15, -0.1) is 5.10 Å². The lowest BCUT2D eigenvalue weighted by atomic mass is 10.1. The molecule has 0 bridgehead atoms. The molecule has 0 unspecified atom stereocenters. The molecule has 1 aliphatic rings. The molecule has 0 radical (unpaired) electrons. The van der Waals surface area contributed by atoms with Gasteiger partial charge in [0.25, 0.3) is 0 Å². The van der Waals surface area contributed by atoms with Gasteiger partial charge in [0.2, 0.25) is 17.7 Å². The second-order valence-corrected chi connectivity index (χ2v) is 8.68. The number of anilines is 2. The highest BCUT2D eigenvalue weighted by molar-refractivity contribution is 7.80. The number of ether oxygens (including phenoxy) is 1. The molecular formula is C25H21FN6O3S. The van der Waals surface area contributed by atoms with Gasteiger partial charge in [-0.3, -0.25) is 9.59 Å². The van der Waals surface area contributed by atoms with Crippen LogP contribution < -0.4 is 20.7 Å². The summed E-state index contributed by atoms with van der Waals surface area (Å²) in [6.45, 7) is 0. The molecule has 0 atom stereocenters. The number of carbonyl (C=O) groups is 2. The van der Waals surface area contributed by atoms with E-state index in [1.807, 2.05) is 30.3 Å². The van der Waals surface area contributed by atoms with Crippen LogP contribution in [0.5, 0.6) is 11.6 Å². The Hall–Kier alpha value is -4.38. The van der Waals surface area contributed by atoms with E-state index >= 15 is 0 Å². The zero-order chi connectivity index (χ0) is 25.1. The molecule has 2 aromatic heterocycles. The zero-order valence-electron chi connectivity index (χ0n) is 18.9.